The zero-order valence-electron chi connectivity index (χ0n) is 12.9. The van der Waals surface area contributed by atoms with Gasteiger partial charge in [0.1, 0.15) is 30.2 Å². The highest BCUT2D eigenvalue weighted by Crippen LogP contribution is 2.29. The molecule has 25 heavy (non-hydrogen) atoms. The first kappa shape index (κ1) is 19.5. The van der Waals surface area contributed by atoms with Crippen LogP contribution in [0.4, 0.5) is 19.0 Å². The molecule has 0 radical (unpaired) electrons. The van der Waals surface area contributed by atoms with E-state index in [9.17, 15) is 28.5 Å². The van der Waals surface area contributed by atoms with E-state index in [0.29, 0.717) is 6.20 Å². The van der Waals surface area contributed by atoms with Crippen molar-refractivity contribution in [3.05, 3.63) is 30.7 Å². The number of aliphatic hydroxyl groups excluding tert-OH is 3. The fourth-order valence-electron chi connectivity index (χ4n) is 2.28. The van der Waals surface area contributed by atoms with Crippen molar-refractivity contribution in [2.24, 2.45) is 0 Å². The van der Waals surface area contributed by atoms with Gasteiger partial charge in [0.15, 0.2) is 12.0 Å². The third-order valence-electron chi connectivity index (χ3n) is 3.50. The van der Waals surface area contributed by atoms with Gasteiger partial charge in [0.25, 0.3) is 0 Å². The highest BCUT2D eigenvalue weighted by Gasteiger charge is 2.45. The smallest absolute Gasteiger partial charge is 0.394 e. The number of ether oxygens (including phenoxy) is 2. The monoisotopic (exact) mass is 365 g/mol. The number of anilines is 1. The lowest BCUT2D eigenvalue weighted by atomic mass is 9.97. The first-order chi connectivity index (χ1) is 11.8. The summed E-state index contributed by atoms with van der Waals surface area (Å²) in [6, 6.07) is -1.16. The standard InChI is InChI=1S/C14H18F3N3O5/c1-2-3-24-13-10(12(23)11(22)7(6-21)25-13)20-9-5-18-4-8(19-9)14(15,16)17/h2,4-5,7,10-13,21-23H,1,3,6H2,(H,19,20)/t7-,10-,11+,12-,13-/m1/s1. The molecule has 1 aromatic heterocycles. The molecule has 2 rings (SSSR count). The largest absolute Gasteiger partial charge is 0.434 e. The maximum atomic E-state index is 12.7. The van der Waals surface area contributed by atoms with Crippen molar-refractivity contribution in [2.45, 2.75) is 36.8 Å². The molecule has 0 unspecified atom stereocenters. The Hall–Kier alpha value is -1.79. The number of nitrogens with zero attached hydrogens (tertiary/aromatic N) is 2. The average Bonchev–Trinajstić information content (AvgIpc) is 2.58. The number of halogens is 3. The van der Waals surface area contributed by atoms with Gasteiger partial charge in [-0.15, -0.1) is 6.58 Å². The summed E-state index contributed by atoms with van der Waals surface area (Å²) in [6.45, 7) is 2.89. The zero-order chi connectivity index (χ0) is 18.6. The third kappa shape index (κ3) is 4.64. The van der Waals surface area contributed by atoms with E-state index in [4.69, 9.17) is 9.47 Å². The summed E-state index contributed by atoms with van der Waals surface area (Å²) in [5, 5.41) is 31.9. The zero-order valence-corrected chi connectivity index (χ0v) is 12.9. The van der Waals surface area contributed by atoms with Crippen LogP contribution in [0, 0.1) is 0 Å². The van der Waals surface area contributed by atoms with Crippen molar-refractivity contribution in [1.29, 1.82) is 0 Å². The van der Waals surface area contributed by atoms with Crippen molar-refractivity contribution in [3.8, 4) is 0 Å². The van der Waals surface area contributed by atoms with E-state index in [1.54, 1.807) is 0 Å². The molecule has 1 aliphatic heterocycles. The summed E-state index contributed by atoms with van der Waals surface area (Å²) in [5.74, 6) is -0.288. The van der Waals surface area contributed by atoms with Gasteiger partial charge in [-0.25, -0.2) is 4.98 Å². The van der Waals surface area contributed by atoms with Gasteiger partial charge < -0.3 is 30.1 Å². The van der Waals surface area contributed by atoms with Crippen LogP contribution in [0.2, 0.25) is 0 Å². The lowest BCUT2D eigenvalue weighted by molar-refractivity contribution is -0.259. The average molecular weight is 365 g/mol. The predicted octanol–water partition coefficient (Wildman–Crippen LogP) is -0.0825. The van der Waals surface area contributed by atoms with Crippen LogP contribution in [-0.2, 0) is 15.7 Å². The van der Waals surface area contributed by atoms with Crippen LogP contribution in [0.1, 0.15) is 5.69 Å². The van der Waals surface area contributed by atoms with Gasteiger partial charge >= 0.3 is 6.18 Å². The van der Waals surface area contributed by atoms with Crippen molar-refractivity contribution in [1.82, 2.24) is 9.97 Å². The van der Waals surface area contributed by atoms with Crippen LogP contribution < -0.4 is 5.32 Å². The molecule has 11 heteroatoms. The second-order valence-corrected chi connectivity index (χ2v) is 5.29. The molecule has 0 aliphatic carbocycles. The number of hydrogen-bond acceptors (Lipinski definition) is 8. The van der Waals surface area contributed by atoms with Gasteiger partial charge in [0.05, 0.1) is 25.6 Å². The third-order valence-corrected chi connectivity index (χ3v) is 3.50. The summed E-state index contributed by atoms with van der Waals surface area (Å²) in [4.78, 5) is 6.83. The van der Waals surface area contributed by atoms with E-state index in [-0.39, 0.29) is 12.4 Å². The van der Waals surface area contributed by atoms with Crippen LogP contribution in [0.5, 0.6) is 0 Å². The van der Waals surface area contributed by atoms with E-state index in [0.717, 1.165) is 6.20 Å². The quantitative estimate of drug-likeness (QED) is 0.517. The van der Waals surface area contributed by atoms with E-state index < -0.39 is 49.1 Å². The Kier molecular flexibility index (Phi) is 6.30. The van der Waals surface area contributed by atoms with Gasteiger partial charge in [-0.2, -0.15) is 13.2 Å². The number of aliphatic hydroxyl groups is 3. The Morgan fingerprint density at radius 3 is 2.64 bits per heavy atom. The maximum absolute atomic E-state index is 12.7. The molecule has 1 fully saturated rings. The molecule has 4 N–H and O–H groups in total. The molecule has 1 aliphatic rings. The molecular weight excluding hydrogens is 347 g/mol. The summed E-state index contributed by atoms with van der Waals surface area (Å²) in [6.07, 6.45) is -6.98. The van der Waals surface area contributed by atoms with Crippen LogP contribution in [0.15, 0.2) is 25.0 Å². The Morgan fingerprint density at radius 1 is 1.32 bits per heavy atom. The highest BCUT2D eigenvalue weighted by atomic mass is 19.4. The second kappa shape index (κ2) is 8.06. The molecule has 1 aromatic rings. The summed E-state index contributed by atoms with van der Waals surface area (Å²) in [7, 11) is 0. The Balaban J connectivity index is 2.22. The van der Waals surface area contributed by atoms with Crippen molar-refractivity contribution >= 4 is 5.82 Å². The molecule has 0 spiro atoms. The lowest BCUT2D eigenvalue weighted by Gasteiger charge is -2.42. The van der Waals surface area contributed by atoms with Gasteiger partial charge in [-0.05, 0) is 0 Å². The first-order valence-electron chi connectivity index (χ1n) is 7.28. The van der Waals surface area contributed by atoms with Gasteiger partial charge in [0.2, 0.25) is 0 Å². The van der Waals surface area contributed by atoms with Crippen LogP contribution in [-0.4, -0.2) is 69.1 Å². The maximum Gasteiger partial charge on any atom is 0.434 e. The second-order valence-electron chi connectivity index (χ2n) is 5.29. The van der Waals surface area contributed by atoms with Gasteiger partial charge in [-0.3, -0.25) is 4.98 Å². The molecule has 2 heterocycles. The number of alkyl halides is 3. The Labute approximate surface area is 140 Å². The van der Waals surface area contributed by atoms with E-state index in [1.165, 1.54) is 6.08 Å². The number of rotatable bonds is 6. The number of hydrogen-bond donors (Lipinski definition) is 4. The van der Waals surface area contributed by atoms with Gasteiger partial charge in [-0.1, -0.05) is 6.08 Å². The highest BCUT2D eigenvalue weighted by molar-refractivity contribution is 5.35. The summed E-state index contributed by atoms with van der Waals surface area (Å²) < 4.78 is 48.8. The van der Waals surface area contributed by atoms with Crippen LogP contribution >= 0.6 is 0 Å². The summed E-state index contributed by atoms with van der Waals surface area (Å²) in [5.41, 5.74) is -1.22. The van der Waals surface area contributed by atoms with E-state index >= 15 is 0 Å². The number of nitrogens with one attached hydrogen (secondary N) is 1. The molecule has 8 nitrogen and oxygen atoms in total. The van der Waals surface area contributed by atoms with Crippen molar-refractivity contribution in [3.63, 3.8) is 0 Å². The predicted molar refractivity (Wildman–Crippen MR) is 78.4 cm³/mol. The molecule has 0 aromatic carbocycles. The SMILES string of the molecule is C=CCO[C@@H]1O[C@H](CO)[C@H](O)[C@H](O)[C@H]1Nc1cncc(C(F)(F)F)n1. The Morgan fingerprint density at radius 2 is 2.04 bits per heavy atom. The molecule has 140 valence electrons. The fraction of sp³-hybridized carbons (Fsp3) is 0.571. The lowest BCUT2D eigenvalue weighted by Crippen LogP contribution is -2.61. The minimum Gasteiger partial charge on any atom is -0.394 e. The molecular formula is C14H18F3N3O5. The summed E-state index contributed by atoms with van der Waals surface area (Å²) >= 11 is 0. The normalized spacial score (nSPS) is 30.1. The van der Waals surface area contributed by atoms with Crippen LogP contribution in [0.25, 0.3) is 0 Å². The Bertz CT molecular complexity index is 589. The fourth-order valence-corrected chi connectivity index (χ4v) is 2.28. The molecule has 0 bridgehead atoms. The van der Waals surface area contributed by atoms with Crippen molar-refractivity contribution < 1.29 is 38.0 Å². The first-order valence-corrected chi connectivity index (χ1v) is 7.28. The minimum absolute atomic E-state index is 0.0120. The topological polar surface area (TPSA) is 117 Å². The molecule has 5 atom stereocenters. The van der Waals surface area contributed by atoms with Gasteiger partial charge in [0, 0.05) is 0 Å². The minimum atomic E-state index is -4.69. The van der Waals surface area contributed by atoms with Crippen molar-refractivity contribution in [2.75, 3.05) is 18.5 Å². The molecule has 0 saturated carbocycles. The molecule has 1 saturated heterocycles. The van der Waals surface area contributed by atoms with E-state index in [1.807, 2.05) is 0 Å². The van der Waals surface area contributed by atoms with E-state index in [2.05, 4.69) is 21.9 Å². The van der Waals surface area contributed by atoms with Crippen LogP contribution in [0.3, 0.4) is 0 Å². The number of aromatic nitrogens is 2. The molecule has 0 amide bonds.